The van der Waals surface area contributed by atoms with Gasteiger partial charge >= 0.3 is 0 Å². The largest absolute Gasteiger partial charge is 0.495 e. The fraction of sp³-hybridized carbons (Fsp3) is 0.435. The molecule has 32 heavy (non-hydrogen) atoms. The summed E-state index contributed by atoms with van der Waals surface area (Å²) >= 11 is 6.17. The molecular formula is C23H28ClFN2O4S. The number of sulfonamides is 1. The normalized spacial score (nSPS) is 16.0. The number of rotatable bonds is 8. The summed E-state index contributed by atoms with van der Waals surface area (Å²) in [6, 6.07) is 9.47. The number of amides is 1. The molecule has 6 nitrogen and oxygen atoms in total. The molecule has 0 aliphatic heterocycles. The second-order valence-corrected chi connectivity index (χ2v) is 10.3. The molecule has 174 valence electrons. The van der Waals surface area contributed by atoms with Gasteiger partial charge in [0.1, 0.15) is 11.6 Å². The molecule has 0 spiro atoms. The quantitative estimate of drug-likeness (QED) is 0.592. The maximum absolute atomic E-state index is 13.5. The van der Waals surface area contributed by atoms with Gasteiger partial charge in [-0.15, -0.1) is 0 Å². The van der Waals surface area contributed by atoms with Gasteiger partial charge in [0.2, 0.25) is 15.9 Å². The van der Waals surface area contributed by atoms with Crippen molar-refractivity contribution in [2.24, 2.45) is 0 Å². The van der Waals surface area contributed by atoms with Crippen molar-refractivity contribution in [1.82, 2.24) is 9.62 Å². The van der Waals surface area contributed by atoms with Crippen LogP contribution in [0.3, 0.4) is 0 Å². The molecule has 3 rings (SSSR count). The molecule has 1 amide bonds. The molecule has 9 heteroatoms. The van der Waals surface area contributed by atoms with E-state index in [4.69, 9.17) is 16.3 Å². The van der Waals surface area contributed by atoms with Crippen LogP contribution in [0.25, 0.3) is 0 Å². The maximum atomic E-state index is 13.5. The van der Waals surface area contributed by atoms with Crippen LogP contribution in [0.4, 0.5) is 4.39 Å². The van der Waals surface area contributed by atoms with E-state index in [-0.39, 0.29) is 28.3 Å². The zero-order chi connectivity index (χ0) is 23.3. The number of ether oxygens (including phenoxy) is 1. The van der Waals surface area contributed by atoms with Crippen LogP contribution in [0.1, 0.15) is 50.6 Å². The van der Waals surface area contributed by atoms with E-state index in [2.05, 4.69) is 5.32 Å². The standard InChI is InChI=1S/C23H28ClFN2O4S/c1-16(17-8-10-18(25)11-9-17)26-23(28)15-27(19-6-4-3-5-7-19)32(29,30)20-12-13-22(31-2)21(24)14-20/h8-14,16,19H,3-7,15H2,1-2H3,(H,26,28)/t16-/m0/s1. The minimum atomic E-state index is -3.97. The zero-order valence-electron chi connectivity index (χ0n) is 18.2. The lowest BCUT2D eigenvalue weighted by molar-refractivity contribution is -0.122. The van der Waals surface area contributed by atoms with Crippen LogP contribution < -0.4 is 10.1 Å². The van der Waals surface area contributed by atoms with Gasteiger partial charge in [-0.05, 0) is 55.7 Å². The first-order valence-electron chi connectivity index (χ1n) is 10.6. The molecule has 0 radical (unpaired) electrons. The summed E-state index contributed by atoms with van der Waals surface area (Å²) in [5, 5.41) is 3.01. The van der Waals surface area contributed by atoms with Gasteiger partial charge in [0.05, 0.1) is 29.6 Å². The molecular weight excluding hydrogens is 455 g/mol. The highest BCUT2D eigenvalue weighted by molar-refractivity contribution is 7.89. The van der Waals surface area contributed by atoms with Gasteiger partial charge in [0.15, 0.2) is 0 Å². The first kappa shape index (κ1) is 24.5. The van der Waals surface area contributed by atoms with Crippen molar-refractivity contribution in [2.45, 2.75) is 56.0 Å². The van der Waals surface area contributed by atoms with E-state index in [1.54, 1.807) is 19.1 Å². The fourth-order valence-electron chi connectivity index (χ4n) is 3.99. The number of nitrogens with one attached hydrogen (secondary N) is 1. The molecule has 2 aromatic carbocycles. The number of methoxy groups -OCH3 is 1. The third-order valence-corrected chi connectivity index (χ3v) is 7.95. The number of benzene rings is 2. The Morgan fingerprint density at radius 1 is 1.19 bits per heavy atom. The third kappa shape index (κ3) is 5.79. The van der Waals surface area contributed by atoms with E-state index in [0.717, 1.165) is 24.8 Å². The Bertz CT molecular complexity index is 1040. The van der Waals surface area contributed by atoms with E-state index in [9.17, 15) is 17.6 Å². The molecule has 0 unspecified atom stereocenters. The molecule has 1 saturated carbocycles. The van der Waals surface area contributed by atoms with Crippen LogP contribution in [-0.4, -0.2) is 38.3 Å². The van der Waals surface area contributed by atoms with E-state index >= 15 is 0 Å². The number of carbonyl (C=O) groups excluding carboxylic acids is 1. The minimum Gasteiger partial charge on any atom is -0.495 e. The van der Waals surface area contributed by atoms with Crippen LogP contribution in [0.5, 0.6) is 5.75 Å². The third-order valence-electron chi connectivity index (χ3n) is 5.76. The summed E-state index contributed by atoms with van der Waals surface area (Å²) in [6.07, 6.45) is 4.27. The van der Waals surface area contributed by atoms with Crippen molar-refractivity contribution >= 4 is 27.5 Å². The second kappa shape index (κ2) is 10.6. The van der Waals surface area contributed by atoms with Crippen LogP contribution in [0.2, 0.25) is 5.02 Å². The van der Waals surface area contributed by atoms with Crippen LogP contribution in [-0.2, 0) is 14.8 Å². The molecule has 1 aliphatic carbocycles. The highest BCUT2D eigenvalue weighted by Gasteiger charge is 2.34. The Labute approximate surface area is 193 Å². The second-order valence-electron chi connectivity index (χ2n) is 7.98. The number of halogens is 2. The lowest BCUT2D eigenvalue weighted by Gasteiger charge is -2.33. The Morgan fingerprint density at radius 3 is 2.44 bits per heavy atom. The van der Waals surface area contributed by atoms with Crippen molar-refractivity contribution in [3.63, 3.8) is 0 Å². The summed E-state index contributed by atoms with van der Waals surface area (Å²) in [7, 11) is -2.51. The van der Waals surface area contributed by atoms with Crippen LogP contribution in [0, 0.1) is 5.82 Å². The van der Waals surface area contributed by atoms with Gasteiger partial charge in [0.25, 0.3) is 0 Å². The SMILES string of the molecule is COc1ccc(S(=O)(=O)N(CC(=O)N[C@@H](C)c2ccc(F)cc2)C2CCCCC2)cc1Cl. The van der Waals surface area contributed by atoms with Crippen molar-refractivity contribution in [1.29, 1.82) is 0 Å². The summed E-state index contributed by atoms with van der Waals surface area (Å²) in [5.74, 6) is -0.406. The Morgan fingerprint density at radius 2 is 1.84 bits per heavy atom. The number of nitrogens with zero attached hydrogens (tertiary/aromatic N) is 1. The molecule has 0 bridgehead atoms. The average Bonchev–Trinajstić information content (AvgIpc) is 2.78. The summed E-state index contributed by atoms with van der Waals surface area (Å²) in [4.78, 5) is 12.9. The van der Waals surface area contributed by atoms with Crippen molar-refractivity contribution < 1.29 is 22.3 Å². The van der Waals surface area contributed by atoms with E-state index in [0.29, 0.717) is 18.6 Å². The molecule has 1 N–H and O–H groups in total. The number of hydrogen-bond acceptors (Lipinski definition) is 4. The lowest BCUT2D eigenvalue weighted by atomic mass is 9.95. The maximum Gasteiger partial charge on any atom is 0.243 e. The fourth-order valence-corrected chi connectivity index (χ4v) is 5.98. The van der Waals surface area contributed by atoms with Gasteiger partial charge in [0, 0.05) is 6.04 Å². The summed E-state index contributed by atoms with van der Waals surface area (Å²) in [6.45, 7) is 1.47. The lowest BCUT2D eigenvalue weighted by Crippen LogP contribution is -2.47. The molecule has 2 aromatic rings. The molecule has 0 aromatic heterocycles. The minimum absolute atomic E-state index is 0.0215. The molecule has 1 atom stereocenters. The van der Waals surface area contributed by atoms with Gasteiger partial charge in [-0.3, -0.25) is 4.79 Å². The molecule has 1 aliphatic rings. The van der Waals surface area contributed by atoms with Crippen LogP contribution >= 0.6 is 11.6 Å². The van der Waals surface area contributed by atoms with E-state index < -0.39 is 22.0 Å². The van der Waals surface area contributed by atoms with Crippen molar-refractivity contribution in [3.8, 4) is 5.75 Å². The van der Waals surface area contributed by atoms with E-state index in [1.807, 2.05) is 0 Å². The molecule has 0 heterocycles. The van der Waals surface area contributed by atoms with Gasteiger partial charge in [-0.25, -0.2) is 12.8 Å². The number of hydrogen-bond donors (Lipinski definition) is 1. The summed E-state index contributed by atoms with van der Waals surface area (Å²) in [5.41, 5.74) is 0.730. The topological polar surface area (TPSA) is 75.7 Å². The predicted octanol–water partition coefficient (Wildman–Crippen LogP) is 4.69. The van der Waals surface area contributed by atoms with Crippen LogP contribution in [0.15, 0.2) is 47.4 Å². The predicted molar refractivity (Wildman–Crippen MR) is 122 cm³/mol. The summed E-state index contributed by atoms with van der Waals surface area (Å²) < 4.78 is 46.6. The highest BCUT2D eigenvalue weighted by atomic mass is 35.5. The molecule has 0 saturated heterocycles. The van der Waals surface area contributed by atoms with E-state index in [1.165, 1.54) is 41.7 Å². The van der Waals surface area contributed by atoms with Gasteiger partial charge in [-0.1, -0.05) is 43.0 Å². The first-order valence-corrected chi connectivity index (χ1v) is 12.4. The zero-order valence-corrected chi connectivity index (χ0v) is 19.8. The van der Waals surface area contributed by atoms with Gasteiger partial charge < -0.3 is 10.1 Å². The van der Waals surface area contributed by atoms with Gasteiger partial charge in [-0.2, -0.15) is 4.31 Å². The first-order chi connectivity index (χ1) is 15.2. The number of carbonyl (C=O) groups is 1. The smallest absolute Gasteiger partial charge is 0.243 e. The van der Waals surface area contributed by atoms with Crippen molar-refractivity contribution in [3.05, 3.63) is 58.9 Å². The Kier molecular flexibility index (Phi) is 8.14. The average molecular weight is 483 g/mol. The Hall–Kier alpha value is -2.16. The van der Waals surface area contributed by atoms with Crippen molar-refractivity contribution in [2.75, 3.05) is 13.7 Å². The Balaban J connectivity index is 1.83. The molecule has 1 fully saturated rings. The highest BCUT2D eigenvalue weighted by Crippen LogP contribution is 2.32. The monoisotopic (exact) mass is 482 g/mol.